The number of hydrogen-bond donors (Lipinski definition) is 2. The maximum absolute atomic E-state index is 5.89. The van der Waals surface area contributed by atoms with Gasteiger partial charge in [0.25, 0.3) is 0 Å². The third kappa shape index (κ3) is 1.84. The van der Waals surface area contributed by atoms with Gasteiger partial charge in [0.2, 0.25) is 0 Å². The van der Waals surface area contributed by atoms with E-state index in [1.165, 1.54) is 5.56 Å². The molecule has 0 spiro atoms. The minimum Gasteiger partial charge on any atom is -0.398 e. The van der Waals surface area contributed by atoms with E-state index < -0.39 is 0 Å². The van der Waals surface area contributed by atoms with Crippen molar-refractivity contribution in [1.82, 2.24) is 0 Å². The normalized spacial score (nSPS) is 11.7. The van der Waals surface area contributed by atoms with E-state index in [2.05, 4.69) is 20.8 Å². The first-order chi connectivity index (χ1) is 6.38. The summed E-state index contributed by atoms with van der Waals surface area (Å²) in [5.74, 6) is 0. The first-order valence-corrected chi connectivity index (χ1v) is 5.04. The van der Waals surface area contributed by atoms with E-state index in [9.17, 15) is 0 Å². The lowest BCUT2D eigenvalue weighted by atomic mass is 9.81. The summed E-state index contributed by atoms with van der Waals surface area (Å²) in [6, 6.07) is 4.07. The molecule has 14 heavy (non-hydrogen) atoms. The molecule has 0 fully saturated rings. The zero-order valence-electron chi connectivity index (χ0n) is 9.52. The Balaban J connectivity index is 3.26. The van der Waals surface area contributed by atoms with Crippen LogP contribution in [0.15, 0.2) is 12.1 Å². The van der Waals surface area contributed by atoms with Crippen molar-refractivity contribution in [3.63, 3.8) is 0 Å². The molecule has 0 aromatic heterocycles. The van der Waals surface area contributed by atoms with Crippen LogP contribution in [0.1, 0.15) is 38.3 Å². The van der Waals surface area contributed by atoms with Crippen molar-refractivity contribution in [2.75, 3.05) is 11.5 Å². The van der Waals surface area contributed by atoms with Crippen LogP contribution in [0.25, 0.3) is 0 Å². The molecule has 0 bridgehead atoms. The van der Waals surface area contributed by atoms with Gasteiger partial charge in [-0.15, -0.1) is 0 Å². The van der Waals surface area contributed by atoms with Gasteiger partial charge < -0.3 is 11.5 Å². The van der Waals surface area contributed by atoms with Gasteiger partial charge in [0.15, 0.2) is 0 Å². The Morgan fingerprint density at radius 2 is 1.57 bits per heavy atom. The number of benzene rings is 1. The second kappa shape index (κ2) is 3.52. The molecule has 1 rings (SSSR count). The number of nitrogen functional groups attached to an aromatic ring is 2. The van der Waals surface area contributed by atoms with Crippen molar-refractivity contribution in [2.45, 2.75) is 39.5 Å². The molecule has 0 amide bonds. The molecule has 0 unspecified atom stereocenters. The van der Waals surface area contributed by atoms with Crippen LogP contribution >= 0.6 is 0 Å². The summed E-state index contributed by atoms with van der Waals surface area (Å²) in [5.41, 5.74) is 15.7. The van der Waals surface area contributed by atoms with Crippen molar-refractivity contribution in [3.05, 3.63) is 23.3 Å². The quantitative estimate of drug-likeness (QED) is 0.708. The SMILES string of the molecule is CCC(C)(C)c1cc(N)c(C)c(N)c1. The van der Waals surface area contributed by atoms with Crippen molar-refractivity contribution in [3.8, 4) is 0 Å². The molecule has 0 radical (unpaired) electrons. The summed E-state index contributed by atoms with van der Waals surface area (Å²) >= 11 is 0. The van der Waals surface area contributed by atoms with Crippen LogP contribution < -0.4 is 11.5 Å². The molecule has 2 heteroatoms. The van der Waals surface area contributed by atoms with Crippen molar-refractivity contribution < 1.29 is 0 Å². The fraction of sp³-hybridized carbons (Fsp3) is 0.500. The smallest absolute Gasteiger partial charge is 0.0367 e. The lowest BCUT2D eigenvalue weighted by Crippen LogP contribution is -2.16. The van der Waals surface area contributed by atoms with E-state index in [-0.39, 0.29) is 5.41 Å². The molecular formula is C12H20N2. The summed E-state index contributed by atoms with van der Waals surface area (Å²) in [4.78, 5) is 0. The average Bonchev–Trinajstić information content (AvgIpc) is 2.13. The molecular weight excluding hydrogens is 172 g/mol. The topological polar surface area (TPSA) is 52.0 Å². The maximum Gasteiger partial charge on any atom is 0.0367 e. The van der Waals surface area contributed by atoms with E-state index in [0.29, 0.717) is 0 Å². The molecule has 1 aromatic carbocycles. The van der Waals surface area contributed by atoms with Crippen molar-refractivity contribution >= 4 is 11.4 Å². The van der Waals surface area contributed by atoms with Gasteiger partial charge in [-0.05, 0) is 42.0 Å². The third-order valence-electron chi connectivity index (χ3n) is 3.15. The van der Waals surface area contributed by atoms with Gasteiger partial charge in [-0.2, -0.15) is 0 Å². The molecule has 4 N–H and O–H groups in total. The molecule has 0 saturated carbocycles. The Labute approximate surface area is 86.3 Å². The Bertz CT molecular complexity index is 317. The molecule has 1 aromatic rings. The highest BCUT2D eigenvalue weighted by Gasteiger charge is 2.19. The summed E-state index contributed by atoms with van der Waals surface area (Å²) in [7, 11) is 0. The fourth-order valence-corrected chi connectivity index (χ4v) is 1.35. The monoisotopic (exact) mass is 192 g/mol. The molecule has 0 aliphatic heterocycles. The molecule has 0 saturated heterocycles. The average molecular weight is 192 g/mol. The van der Waals surface area contributed by atoms with Gasteiger partial charge in [0, 0.05) is 11.4 Å². The third-order valence-corrected chi connectivity index (χ3v) is 3.15. The predicted octanol–water partition coefficient (Wildman–Crippen LogP) is 2.85. The number of anilines is 2. The molecule has 2 nitrogen and oxygen atoms in total. The lowest BCUT2D eigenvalue weighted by molar-refractivity contribution is 0.506. The highest BCUT2D eigenvalue weighted by Crippen LogP contribution is 2.31. The van der Waals surface area contributed by atoms with Gasteiger partial charge >= 0.3 is 0 Å². The number of rotatable bonds is 2. The first kappa shape index (κ1) is 10.9. The van der Waals surface area contributed by atoms with E-state index in [1.54, 1.807) is 0 Å². The Morgan fingerprint density at radius 1 is 1.14 bits per heavy atom. The summed E-state index contributed by atoms with van der Waals surface area (Å²) in [6.07, 6.45) is 1.08. The minimum absolute atomic E-state index is 0.149. The van der Waals surface area contributed by atoms with Crippen molar-refractivity contribution in [2.24, 2.45) is 0 Å². The molecule has 78 valence electrons. The molecule has 0 heterocycles. The Hall–Kier alpha value is -1.18. The summed E-state index contributed by atoms with van der Waals surface area (Å²) < 4.78 is 0. The van der Waals surface area contributed by atoms with E-state index in [0.717, 1.165) is 23.4 Å². The van der Waals surface area contributed by atoms with Crippen molar-refractivity contribution in [1.29, 1.82) is 0 Å². The summed E-state index contributed by atoms with van der Waals surface area (Å²) in [6.45, 7) is 8.53. The van der Waals surface area contributed by atoms with E-state index in [4.69, 9.17) is 11.5 Å². The van der Waals surface area contributed by atoms with Crippen LogP contribution in [0.5, 0.6) is 0 Å². The Kier molecular flexibility index (Phi) is 2.74. The van der Waals surface area contributed by atoms with Gasteiger partial charge in [0.1, 0.15) is 0 Å². The van der Waals surface area contributed by atoms with Crippen LogP contribution in [0.4, 0.5) is 11.4 Å². The maximum atomic E-state index is 5.89. The van der Waals surface area contributed by atoms with Gasteiger partial charge in [-0.1, -0.05) is 20.8 Å². The van der Waals surface area contributed by atoms with Gasteiger partial charge in [-0.3, -0.25) is 0 Å². The Morgan fingerprint density at radius 3 is 1.93 bits per heavy atom. The van der Waals surface area contributed by atoms with Crippen LogP contribution in [-0.2, 0) is 5.41 Å². The van der Waals surface area contributed by atoms with Gasteiger partial charge in [0.05, 0.1) is 0 Å². The fourth-order valence-electron chi connectivity index (χ4n) is 1.35. The van der Waals surface area contributed by atoms with Crippen LogP contribution in [-0.4, -0.2) is 0 Å². The lowest BCUT2D eigenvalue weighted by Gasteiger charge is -2.24. The van der Waals surface area contributed by atoms with Gasteiger partial charge in [-0.25, -0.2) is 0 Å². The van der Waals surface area contributed by atoms with E-state index >= 15 is 0 Å². The highest BCUT2D eigenvalue weighted by atomic mass is 14.6. The van der Waals surface area contributed by atoms with Crippen LogP contribution in [0.2, 0.25) is 0 Å². The minimum atomic E-state index is 0.149. The second-order valence-corrected chi connectivity index (χ2v) is 4.52. The molecule has 0 atom stereocenters. The highest BCUT2D eigenvalue weighted by molar-refractivity contribution is 5.63. The zero-order chi connectivity index (χ0) is 10.9. The predicted molar refractivity (Wildman–Crippen MR) is 63.3 cm³/mol. The largest absolute Gasteiger partial charge is 0.398 e. The number of hydrogen-bond acceptors (Lipinski definition) is 2. The zero-order valence-corrected chi connectivity index (χ0v) is 9.52. The molecule has 0 aliphatic carbocycles. The standard InChI is InChI=1S/C12H20N2/c1-5-12(3,4)9-6-10(13)8(2)11(14)7-9/h6-7H,5,13-14H2,1-4H3. The van der Waals surface area contributed by atoms with Crippen LogP contribution in [0.3, 0.4) is 0 Å². The number of nitrogens with two attached hydrogens (primary N) is 2. The van der Waals surface area contributed by atoms with E-state index in [1.807, 2.05) is 19.1 Å². The first-order valence-electron chi connectivity index (χ1n) is 5.04. The second-order valence-electron chi connectivity index (χ2n) is 4.52. The summed E-state index contributed by atoms with van der Waals surface area (Å²) in [5, 5.41) is 0. The van der Waals surface area contributed by atoms with Crippen LogP contribution in [0, 0.1) is 6.92 Å². The molecule has 0 aliphatic rings.